The lowest BCUT2D eigenvalue weighted by atomic mass is 10.2. The largest absolute Gasteiger partial charge is 0.390 e. The van der Waals surface area contributed by atoms with Crippen molar-refractivity contribution in [2.24, 2.45) is 0 Å². The Morgan fingerprint density at radius 3 is 2.42 bits per heavy atom. The van der Waals surface area contributed by atoms with Crippen LogP contribution in [0.15, 0.2) is 24.3 Å². The van der Waals surface area contributed by atoms with Gasteiger partial charge in [-0.2, -0.15) is 13.2 Å². The van der Waals surface area contributed by atoms with E-state index in [4.69, 9.17) is 11.6 Å². The van der Waals surface area contributed by atoms with E-state index in [0.717, 1.165) is 0 Å². The van der Waals surface area contributed by atoms with Gasteiger partial charge in [-0.25, -0.2) is 0 Å². The van der Waals surface area contributed by atoms with Crippen LogP contribution in [-0.2, 0) is 4.79 Å². The van der Waals surface area contributed by atoms with E-state index < -0.39 is 24.5 Å². The van der Waals surface area contributed by atoms with Crippen molar-refractivity contribution >= 4 is 23.2 Å². The Kier molecular flexibility index (Phi) is 5.62. The molecule has 0 aliphatic heterocycles. The topological polar surface area (TPSA) is 41.1 Å². The van der Waals surface area contributed by atoms with Gasteiger partial charge in [-0.1, -0.05) is 11.6 Å². The summed E-state index contributed by atoms with van der Waals surface area (Å²) < 4.78 is 36.2. The Morgan fingerprint density at radius 1 is 1.32 bits per heavy atom. The molecule has 0 saturated carbocycles. The minimum absolute atomic E-state index is 0.181. The summed E-state index contributed by atoms with van der Waals surface area (Å²) in [6.45, 7) is 1.20. The lowest BCUT2D eigenvalue weighted by Gasteiger charge is -2.15. The molecule has 106 valence electrons. The van der Waals surface area contributed by atoms with Gasteiger partial charge in [0, 0.05) is 16.8 Å². The fourth-order valence-corrected chi connectivity index (χ4v) is 1.55. The van der Waals surface area contributed by atoms with Crippen LogP contribution >= 0.6 is 11.6 Å². The maximum atomic E-state index is 12.1. The number of halogens is 4. The van der Waals surface area contributed by atoms with Gasteiger partial charge in [0.15, 0.2) is 0 Å². The normalized spacial score (nSPS) is 13.1. The molecule has 0 fully saturated rings. The van der Waals surface area contributed by atoms with Crippen molar-refractivity contribution in [1.29, 1.82) is 0 Å². The molecule has 1 aromatic carbocycles. The van der Waals surface area contributed by atoms with Crippen LogP contribution in [0.4, 0.5) is 18.9 Å². The fourth-order valence-electron chi connectivity index (χ4n) is 1.42. The maximum Gasteiger partial charge on any atom is 0.390 e. The smallest absolute Gasteiger partial charge is 0.325 e. The van der Waals surface area contributed by atoms with Crippen LogP contribution in [0.5, 0.6) is 0 Å². The third-order valence-electron chi connectivity index (χ3n) is 2.28. The molecule has 2 N–H and O–H groups in total. The Balaban J connectivity index is 2.34. The van der Waals surface area contributed by atoms with Crippen LogP contribution in [0.3, 0.4) is 0 Å². The highest BCUT2D eigenvalue weighted by atomic mass is 35.5. The molecule has 0 heterocycles. The number of rotatable bonds is 5. The highest BCUT2D eigenvalue weighted by Crippen LogP contribution is 2.21. The SMILES string of the molecule is CC(CC(F)(F)F)NCC(=O)Nc1ccc(Cl)cc1. The number of anilines is 1. The zero-order valence-corrected chi connectivity index (χ0v) is 11.0. The lowest BCUT2D eigenvalue weighted by molar-refractivity contribution is -0.139. The van der Waals surface area contributed by atoms with Gasteiger partial charge in [0.25, 0.3) is 0 Å². The molecule has 0 bridgehead atoms. The quantitative estimate of drug-likeness (QED) is 0.875. The number of carbonyl (C=O) groups is 1. The highest BCUT2D eigenvalue weighted by Gasteiger charge is 2.29. The first-order valence-corrected chi connectivity index (χ1v) is 5.99. The standard InChI is InChI=1S/C12H14ClF3N2O/c1-8(6-12(14,15)16)17-7-11(19)18-10-4-2-9(13)3-5-10/h2-5,8,17H,6-7H2,1H3,(H,18,19). The lowest BCUT2D eigenvalue weighted by Crippen LogP contribution is -2.37. The number of amides is 1. The summed E-state index contributed by atoms with van der Waals surface area (Å²) in [5, 5.41) is 5.60. The van der Waals surface area contributed by atoms with Crippen molar-refractivity contribution in [3.8, 4) is 0 Å². The number of nitrogens with one attached hydrogen (secondary N) is 2. The van der Waals surface area contributed by atoms with Crippen molar-refractivity contribution < 1.29 is 18.0 Å². The van der Waals surface area contributed by atoms with Gasteiger partial charge in [0.1, 0.15) is 0 Å². The van der Waals surface area contributed by atoms with E-state index in [1.165, 1.54) is 6.92 Å². The minimum Gasteiger partial charge on any atom is -0.325 e. The van der Waals surface area contributed by atoms with Crippen molar-refractivity contribution in [3.05, 3.63) is 29.3 Å². The average molecular weight is 295 g/mol. The second-order valence-corrected chi connectivity index (χ2v) is 4.59. The Labute approximate surface area is 114 Å². The molecule has 1 aromatic rings. The third-order valence-corrected chi connectivity index (χ3v) is 2.53. The Morgan fingerprint density at radius 2 is 1.89 bits per heavy atom. The molecule has 7 heteroatoms. The molecule has 19 heavy (non-hydrogen) atoms. The molecule has 0 spiro atoms. The van der Waals surface area contributed by atoms with Gasteiger partial charge < -0.3 is 10.6 Å². The molecule has 1 rings (SSSR count). The van der Waals surface area contributed by atoms with E-state index in [-0.39, 0.29) is 6.54 Å². The highest BCUT2D eigenvalue weighted by molar-refractivity contribution is 6.30. The first kappa shape index (κ1) is 15.8. The summed E-state index contributed by atoms with van der Waals surface area (Å²) in [6.07, 6.45) is -5.21. The summed E-state index contributed by atoms with van der Waals surface area (Å²) >= 11 is 5.68. The van der Waals surface area contributed by atoms with E-state index in [9.17, 15) is 18.0 Å². The van der Waals surface area contributed by atoms with Gasteiger partial charge in [-0.15, -0.1) is 0 Å². The Hall–Kier alpha value is -1.27. The van der Waals surface area contributed by atoms with Crippen molar-refractivity contribution in [1.82, 2.24) is 5.32 Å². The molecule has 0 saturated heterocycles. The molecule has 0 aromatic heterocycles. The fraction of sp³-hybridized carbons (Fsp3) is 0.417. The monoisotopic (exact) mass is 294 g/mol. The summed E-state index contributed by atoms with van der Waals surface area (Å²) in [4.78, 5) is 11.5. The number of alkyl halides is 3. The second-order valence-electron chi connectivity index (χ2n) is 4.16. The molecule has 1 amide bonds. The first-order chi connectivity index (χ1) is 8.76. The van der Waals surface area contributed by atoms with Gasteiger partial charge in [0.2, 0.25) is 5.91 Å². The number of benzene rings is 1. The van der Waals surface area contributed by atoms with Crippen LogP contribution in [0.1, 0.15) is 13.3 Å². The molecule has 0 aliphatic carbocycles. The molecular formula is C12H14ClF3N2O. The van der Waals surface area contributed by atoms with Crippen LogP contribution in [0, 0.1) is 0 Å². The van der Waals surface area contributed by atoms with Crippen molar-refractivity contribution in [3.63, 3.8) is 0 Å². The Bertz CT molecular complexity index is 420. The number of hydrogen-bond acceptors (Lipinski definition) is 2. The second kappa shape index (κ2) is 6.77. The molecule has 1 atom stereocenters. The van der Waals surface area contributed by atoms with Crippen LogP contribution in [0.2, 0.25) is 5.02 Å². The first-order valence-electron chi connectivity index (χ1n) is 5.62. The zero-order chi connectivity index (χ0) is 14.5. The van der Waals surface area contributed by atoms with E-state index in [0.29, 0.717) is 10.7 Å². The molecule has 3 nitrogen and oxygen atoms in total. The molecule has 0 aliphatic rings. The summed E-state index contributed by atoms with van der Waals surface area (Å²) in [6, 6.07) is 5.63. The van der Waals surface area contributed by atoms with Gasteiger partial charge >= 0.3 is 6.18 Å². The van der Waals surface area contributed by atoms with Gasteiger partial charge in [0.05, 0.1) is 13.0 Å². The van der Waals surface area contributed by atoms with E-state index >= 15 is 0 Å². The summed E-state index contributed by atoms with van der Waals surface area (Å²) in [5.41, 5.74) is 0.541. The zero-order valence-electron chi connectivity index (χ0n) is 10.2. The van der Waals surface area contributed by atoms with Crippen LogP contribution in [-0.4, -0.2) is 24.7 Å². The van der Waals surface area contributed by atoms with E-state index in [1.807, 2.05) is 0 Å². The van der Waals surface area contributed by atoms with Crippen LogP contribution < -0.4 is 10.6 Å². The van der Waals surface area contributed by atoms with E-state index in [2.05, 4.69) is 10.6 Å². The predicted octanol–water partition coefficient (Wildman–Crippen LogP) is 3.21. The molecule has 0 radical (unpaired) electrons. The minimum atomic E-state index is -4.24. The predicted molar refractivity (Wildman–Crippen MR) is 68.2 cm³/mol. The van der Waals surface area contributed by atoms with Gasteiger partial charge in [-0.05, 0) is 31.2 Å². The van der Waals surface area contributed by atoms with Crippen molar-refractivity contribution in [2.45, 2.75) is 25.6 Å². The molecular weight excluding hydrogens is 281 g/mol. The van der Waals surface area contributed by atoms with Crippen molar-refractivity contribution in [2.75, 3.05) is 11.9 Å². The van der Waals surface area contributed by atoms with Crippen LogP contribution in [0.25, 0.3) is 0 Å². The number of carbonyl (C=O) groups excluding carboxylic acids is 1. The van der Waals surface area contributed by atoms with Gasteiger partial charge in [-0.3, -0.25) is 4.79 Å². The number of hydrogen-bond donors (Lipinski definition) is 2. The maximum absolute atomic E-state index is 12.1. The summed E-state index contributed by atoms with van der Waals surface area (Å²) in [7, 11) is 0. The average Bonchev–Trinajstić information content (AvgIpc) is 2.27. The molecule has 1 unspecified atom stereocenters. The summed E-state index contributed by atoms with van der Waals surface area (Å²) in [5.74, 6) is -0.406. The van der Waals surface area contributed by atoms with E-state index in [1.54, 1.807) is 24.3 Å². The third kappa shape index (κ3) is 7.03.